The molecule has 0 bridgehead atoms. The molecule has 0 radical (unpaired) electrons. The van der Waals surface area contributed by atoms with E-state index in [1.54, 1.807) is 0 Å². The quantitative estimate of drug-likeness (QED) is 0.214. The van der Waals surface area contributed by atoms with E-state index in [1.807, 2.05) is 6.26 Å². The van der Waals surface area contributed by atoms with Gasteiger partial charge in [0, 0.05) is 19.5 Å². The van der Waals surface area contributed by atoms with Gasteiger partial charge in [-0.2, -0.15) is 0 Å². The Hall–Kier alpha value is -0.990. The van der Waals surface area contributed by atoms with Crippen LogP contribution < -0.4 is 0 Å². The van der Waals surface area contributed by atoms with Crippen molar-refractivity contribution in [1.82, 2.24) is 4.90 Å². The predicted octanol–water partition coefficient (Wildman–Crippen LogP) is 6.62. The lowest BCUT2D eigenvalue weighted by Crippen LogP contribution is -2.25. The zero-order valence-corrected chi connectivity index (χ0v) is 17.6. The van der Waals surface area contributed by atoms with Crippen molar-refractivity contribution < 1.29 is 9.53 Å². The number of unbranched alkanes of at least 4 members (excludes halogenated alkanes) is 12. The lowest BCUT2D eigenvalue weighted by molar-refractivity contribution is -0.127. The minimum absolute atomic E-state index is 0.377. The van der Waals surface area contributed by atoms with Gasteiger partial charge < -0.3 is 9.64 Å². The second-order valence-corrected chi connectivity index (χ2v) is 8.15. The zero-order chi connectivity index (χ0) is 18.9. The van der Waals surface area contributed by atoms with Crippen molar-refractivity contribution >= 4 is 5.91 Å². The molecule has 1 amide bonds. The number of carbonyl (C=O) groups is 1. The first-order valence-electron chi connectivity index (χ1n) is 11.2. The molecule has 3 nitrogen and oxygen atoms in total. The SMILES string of the molecule is CC(C)=COCCCCCCCCCCCCCCCN1CCCC1=O. The van der Waals surface area contributed by atoms with E-state index in [4.69, 9.17) is 4.74 Å². The molecule has 1 fully saturated rings. The summed E-state index contributed by atoms with van der Waals surface area (Å²) in [7, 11) is 0. The Morgan fingerprint density at radius 2 is 1.35 bits per heavy atom. The summed E-state index contributed by atoms with van der Waals surface area (Å²) in [6.45, 7) is 7.01. The number of rotatable bonds is 17. The van der Waals surface area contributed by atoms with Crippen molar-refractivity contribution in [2.75, 3.05) is 19.7 Å². The lowest BCUT2D eigenvalue weighted by atomic mass is 10.0. The highest BCUT2D eigenvalue weighted by atomic mass is 16.5. The molecule has 1 heterocycles. The highest BCUT2D eigenvalue weighted by Crippen LogP contribution is 2.14. The van der Waals surface area contributed by atoms with Gasteiger partial charge >= 0.3 is 0 Å². The summed E-state index contributed by atoms with van der Waals surface area (Å²) in [5.74, 6) is 0.377. The molecular formula is C23H43NO2. The standard InChI is InChI=1S/C23H43NO2/c1-22(2)21-26-20-15-13-11-9-7-5-3-4-6-8-10-12-14-18-24-19-16-17-23(24)25/h21H,3-20H2,1-2H3. The number of hydrogen-bond donors (Lipinski definition) is 0. The Labute approximate surface area is 162 Å². The largest absolute Gasteiger partial charge is 0.501 e. The van der Waals surface area contributed by atoms with Crippen LogP contribution in [-0.2, 0) is 9.53 Å². The van der Waals surface area contributed by atoms with Crippen LogP contribution in [0.5, 0.6) is 0 Å². The van der Waals surface area contributed by atoms with Gasteiger partial charge in [0.05, 0.1) is 12.9 Å². The second kappa shape index (κ2) is 16.2. The molecule has 0 aromatic carbocycles. The molecule has 0 aliphatic carbocycles. The highest BCUT2D eigenvalue weighted by Gasteiger charge is 2.18. The van der Waals surface area contributed by atoms with Gasteiger partial charge in [-0.25, -0.2) is 0 Å². The van der Waals surface area contributed by atoms with Crippen LogP contribution in [-0.4, -0.2) is 30.5 Å². The van der Waals surface area contributed by atoms with Gasteiger partial charge in [0.1, 0.15) is 0 Å². The molecule has 1 rings (SSSR count). The van der Waals surface area contributed by atoms with Crippen molar-refractivity contribution in [2.24, 2.45) is 0 Å². The number of amides is 1. The first-order valence-corrected chi connectivity index (χ1v) is 11.2. The first kappa shape index (κ1) is 23.0. The minimum atomic E-state index is 0.377. The van der Waals surface area contributed by atoms with E-state index in [0.29, 0.717) is 5.91 Å². The molecule has 26 heavy (non-hydrogen) atoms. The molecule has 0 atom stereocenters. The number of carbonyl (C=O) groups excluding carboxylic acids is 1. The molecule has 1 aliphatic heterocycles. The molecule has 152 valence electrons. The zero-order valence-electron chi connectivity index (χ0n) is 17.6. The van der Waals surface area contributed by atoms with Gasteiger partial charge in [0.25, 0.3) is 0 Å². The average Bonchev–Trinajstić information content (AvgIpc) is 3.02. The maximum Gasteiger partial charge on any atom is 0.222 e. The number of ether oxygens (including phenoxy) is 1. The van der Waals surface area contributed by atoms with Crippen LogP contribution in [0, 0.1) is 0 Å². The topological polar surface area (TPSA) is 29.5 Å². The van der Waals surface area contributed by atoms with Crippen LogP contribution in [0.4, 0.5) is 0 Å². The molecule has 0 unspecified atom stereocenters. The number of likely N-dealkylation sites (tertiary alicyclic amines) is 1. The van der Waals surface area contributed by atoms with Crippen molar-refractivity contribution in [3.63, 3.8) is 0 Å². The monoisotopic (exact) mass is 365 g/mol. The van der Waals surface area contributed by atoms with E-state index in [1.165, 1.54) is 89.0 Å². The summed E-state index contributed by atoms with van der Waals surface area (Å²) in [5.41, 5.74) is 1.24. The normalized spacial score (nSPS) is 14.1. The van der Waals surface area contributed by atoms with E-state index in [0.717, 1.165) is 32.5 Å². The Bertz CT molecular complexity index is 374. The summed E-state index contributed by atoms with van der Waals surface area (Å²) in [6, 6.07) is 0. The van der Waals surface area contributed by atoms with Crippen LogP contribution in [0.25, 0.3) is 0 Å². The summed E-state index contributed by atoms with van der Waals surface area (Å²) >= 11 is 0. The fourth-order valence-corrected chi connectivity index (χ4v) is 3.60. The van der Waals surface area contributed by atoms with Crippen molar-refractivity contribution in [3.8, 4) is 0 Å². The Morgan fingerprint density at radius 3 is 1.81 bits per heavy atom. The van der Waals surface area contributed by atoms with Gasteiger partial charge in [-0.05, 0) is 38.7 Å². The van der Waals surface area contributed by atoms with E-state index in [9.17, 15) is 4.79 Å². The predicted molar refractivity (Wildman–Crippen MR) is 111 cm³/mol. The molecule has 0 aromatic rings. The van der Waals surface area contributed by atoms with Crippen LogP contribution in [0.2, 0.25) is 0 Å². The average molecular weight is 366 g/mol. The van der Waals surface area contributed by atoms with Crippen molar-refractivity contribution in [1.29, 1.82) is 0 Å². The van der Waals surface area contributed by atoms with E-state index in [2.05, 4.69) is 18.7 Å². The number of allylic oxidation sites excluding steroid dienone is 1. The van der Waals surface area contributed by atoms with Gasteiger partial charge in [0.15, 0.2) is 0 Å². The maximum absolute atomic E-state index is 11.5. The molecule has 1 aliphatic rings. The van der Waals surface area contributed by atoms with Crippen LogP contribution >= 0.6 is 0 Å². The van der Waals surface area contributed by atoms with Gasteiger partial charge in [-0.15, -0.1) is 0 Å². The Kier molecular flexibility index (Phi) is 14.4. The molecular weight excluding hydrogens is 322 g/mol. The second-order valence-electron chi connectivity index (χ2n) is 8.15. The third-order valence-electron chi connectivity index (χ3n) is 5.18. The fraction of sp³-hybridized carbons (Fsp3) is 0.870. The first-order chi connectivity index (χ1) is 12.7. The van der Waals surface area contributed by atoms with E-state index in [-0.39, 0.29) is 0 Å². The summed E-state index contributed by atoms with van der Waals surface area (Å²) in [5, 5.41) is 0. The summed E-state index contributed by atoms with van der Waals surface area (Å²) in [4.78, 5) is 13.6. The van der Waals surface area contributed by atoms with E-state index < -0.39 is 0 Å². The molecule has 0 spiro atoms. The van der Waals surface area contributed by atoms with Gasteiger partial charge in [-0.1, -0.05) is 70.6 Å². The third kappa shape index (κ3) is 13.2. The van der Waals surface area contributed by atoms with Crippen molar-refractivity contribution in [3.05, 3.63) is 11.8 Å². The molecule has 1 saturated heterocycles. The number of nitrogens with zero attached hydrogens (tertiary/aromatic N) is 1. The molecule has 0 N–H and O–H groups in total. The van der Waals surface area contributed by atoms with Crippen molar-refractivity contribution in [2.45, 2.75) is 110 Å². The summed E-state index contributed by atoms with van der Waals surface area (Å²) in [6.07, 6.45) is 21.2. The van der Waals surface area contributed by atoms with E-state index >= 15 is 0 Å². The maximum atomic E-state index is 11.5. The van der Waals surface area contributed by atoms with Crippen LogP contribution in [0.1, 0.15) is 110 Å². The van der Waals surface area contributed by atoms with Gasteiger partial charge in [0.2, 0.25) is 5.91 Å². The van der Waals surface area contributed by atoms with Crippen LogP contribution in [0.15, 0.2) is 11.8 Å². The third-order valence-corrected chi connectivity index (χ3v) is 5.18. The van der Waals surface area contributed by atoms with Gasteiger partial charge in [-0.3, -0.25) is 4.79 Å². The highest BCUT2D eigenvalue weighted by molar-refractivity contribution is 5.77. The Morgan fingerprint density at radius 1 is 0.846 bits per heavy atom. The molecule has 3 heteroatoms. The molecule has 0 aromatic heterocycles. The lowest BCUT2D eigenvalue weighted by Gasteiger charge is -2.14. The Balaban J connectivity index is 1.69. The smallest absolute Gasteiger partial charge is 0.222 e. The summed E-state index contributed by atoms with van der Waals surface area (Å²) < 4.78 is 5.45. The number of hydrogen-bond acceptors (Lipinski definition) is 2. The molecule has 0 saturated carbocycles. The fourth-order valence-electron chi connectivity index (χ4n) is 3.60. The van der Waals surface area contributed by atoms with Crippen LogP contribution in [0.3, 0.4) is 0 Å². The minimum Gasteiger partial charge on any atom is -0.501 e.